The summed E-state index contributed by atoms with van der Waals surface area (Å²) in [6.45, 7) is 9.91. The number of nitrogens with zero attached hydrogens (tertiary/aromatic N) is 3. The van der Waals surface area contributed by atoms with Crippen molar-refractivity contribution in [1.29, 1.82) is 0 Å². The van der Waals surface area contributed by atoms with Crippen molar-refractivity contribution in [3.05, 3.63) is 47.3 Å². The number of nitrogens with one attached hydrogen (secondary N) is 2. The van der Waals surface area contributed by atoms with Crippen molar-refractivity contribution in [2.75, 3.05) is 32.5 Å². The van der Waals surface area contributed by atoms with E-state index in [0.29, 0.717) is 18.2 Å². The number of anilines is 2. The molecule has 1 heterocycles. The molecule has 0 atom stereocenters. The first-order valence-electron chi connectivity index (χ1n) is 9.32. The molecule has 0 unspecified atom stereocenters. The van der Waals surface area contributed by atoms with Crippen LogP contribution in [-0.4, -0.2) is 48.0 Å². The Balaban J connectivity index is 2.15. The van der Waals surface area contributed by atoms with Crippen molar-refractivity contribution in [2.45, 2.75) is 39.5 Å². The fourth-order valence-corrected chi connectivity index (χ4v) is 2.80. The molecule has 2 N–H and O–H groups in total. The maximum absolute atomic E-state index is 12.4. The molecule has 0 aliphatic rings. The largest absolute Gasteiger partial charge is 0.351 e. The predicted octanol–water partition coefficient (Wildman–Crippen LogP) is 3.51. The van der Waals surface area contributed by atoms with Gasteiger partial charge < -0.3 is 15.5 Å². The van der Waals surface area contributed by atoms with E-state index in [4.69, 9.17) is 0 Å². The van der Waals surface area contributed by atoms with Gasteiger partial charge in [0, 0.05) is 17.9 Å². The van der Waals surface area contributed by atoms with Gasteiger partial charge in [-0.3, -0.25) is 4.79 Å². The number of carbonyl (C=O) groups excluding carboxylic acids is 1. The van der Waals surface area contributed by atoms with Crippen LogP contribution in [0.15, 0.2) is 30.3 Å². The quantitative estimate of drug-likeness (QED) is 0.731. The molecule has 6 nitrogen and oxygen atoms in total. The summed E-state index contributed by atoms with van der Waals surface area (Å²) in [4.78, 5) is 23.4. The fourth-order valence-electron chi connectivity index (χ4n) is 2.80. The van der Waals surface area contributed by atoms with Crippen molar-refractivity contribution < 1.29 is 4.79 Å². The lowest BCUT2D eigenvalue weighted by atomic mass is 9.86. The lowest BCUT2D eigenvalue weighted by molar-refractivity contribution is 0.0947. The van der Waals surface area contributed by atoms with Crippen molar-refractivity contribution in [3.8, 4) is 0 Å². The molecule has 0 saturated carbocycles. The minimum absolute atomic E-state index is 0.0138. The molecule has 0 aliphatic carbocycles. The zero-order chi connectivity index (χ0) is 20.0. The third-order valence-corrected chi connectivity index (χ3v) is 4.14. The van der Waals surface area contributed by atoms with Gasteiger partial charge in [0.25, 0.3) is 5.91 Å². The second-order valence-electron chi connectivity index (χ2n) is 8.05. The third kappa shape index (κ3) is 6.32. The summed E-state index contributed by atoms with van der Waals surface area (Å²) in [7, 11) is 4.03. The zero-order valence-electron chi connectivity index (χ0n) is 17.3. The molecule has 0 bridgehead atoms. The van der Waals surface area contributed by atoms with E-state index in [2.05, 4.69) is 52.3 Å². The average Bonchev–Trinajstić information content (AvgIpc) is 2.57. The number of hydrogen-bond acceptors (Lipinski definition) is 5. The van der Waals surface area contributed by atoms with E-state index in [1.165, 1.54) is 5.56 Å². The van der Waals surface area contributed by atoms with Gasteiger partial charge >= 0.3 is 0 Å². The zero-order valence-corrected chi connectivity index (χ0v) is 17.3. The Morgan fingerprint density at radius 3 is 2.52 bits per heavy atom. The molecule has 146 valence electrons. The van der Waals surface area contributed by atoms with Crippen LogP contribution in [0.4, 0.5) is 11.6 Å². The Kier molecular flexibility index (Phi) is 6.91. The highest BCUT2D eigenvalue weighted by Gasteiger charge is 2.18. The number of benzene rings is 1. The van der Waals surface area contributed by atoms with E-state index in [-0.39, 0.29) is 11.3 Å². The molecular weight excluding hydrogens is 338 g/mol. The van der Waals surface area contributed by atoms with Gasteiger partial charge in [-0.1, -0.05) is 39.0 Å². The Morgan fingerprint density at radius 1 is 1.15 bits per heavy atom. The minimum Gasteiger partial charge on any atom is -0.351 e. The highest BCUT2D eigenvalue weighted by atomic mass is 16.1. The molecular formula is C21H31N5O. The molecule has 1 aromatic heterocycles. The van der Waals surface area contributed by atoms with Gasteiger partial charge in [-0.15, -0.1) is 0 Å². The van der Waals surface area contributed by atoms with E-state index >= 15 is 0 Å². The van der Waals surface area contributed by atoms with Crippen LogP contribution >= 0.6 is 0 Å². The second-order valence-corrected chi connectivity index (χ2v) is 8.05. The molecule has 0 radical (unpaired) electrons. The Morgan fingerprint density at radius 2 is 1.85 bits per heavy atom. The smallest absolute Gasteiger partial charge is 0.270 e. The average molecular weight is 370 g/mol. The van der Waals surface area contributed by atoms with Crippen molar-refractivity contribution in [3.63, 3.8) is 0 Å². The molecule has 0 spiro atoms. The first-order valence-corrected chi connectivity index (χ1v) is 9.32. The first-order chi connectivity index (χ1) is 12.7. The molecule has 27 heavy (non-hydrogen) atoms. The van der Waals surface area contributed by atoms with E-state index < -0.39 is 0 Å². The predicted molar refractivity (Wildman–Crippen MR) is 111 cm³/mol. The lowest BCUT2D eigenvalue weighted by Crippen LogP contribution is -2.28. The third-order valence-electron chi connectivity index (χ3n) is 4.14. The first kappa shape index (κ1) is 20.8. The lowest BCUT2D eigenvalue weighted by Gasteiger charge is -2.23. The number of aryl methyl sites for hydroxylation is 1. The van der Waals surface area contributed by atoms with Crippen LogP contribution < -0.4 is 10.6 Å². The standard InChI is InChI=1S/C21H31N5O/c1-15-14-18(19(27)22-12-9-13-26(5)6)25-20(23-15)24-17-11-8-7-10-16(17)21(2,3)4/h7-8,10-11,14H,9,12-13H2,1-6H3,(H,22,27)(H,23,24,25). The summed E-state index contributed by atoms with van der Waals surface area (Å²) in [6.07, 6.45) is 0.896. The number of hydrogen-bond donors (Lipinski definition) is 2. The van der Waals surface area contributed by atoms with Crippen LogP contribution in [0.25, 0.3) is 0 Å². The Hall–Kier alpha value is -2.47. The highest BCUT2D eigenvalue weighted by molar-refractivity contribution is 5.92. The Labute approximate surface area is 162 Å². The summed E-state index contributed by atoms with van der Waals surface area (Å²) in [5.41, 5.74) is 3.24. The topological polar surface area (TPSA) is 70.2 Å². The molecule has 0 fully saturated rings. The number of para-hydroxylation sites is 1. The number of carbonyl (C=O) groups is 1. The van der Waals surface area contributed by atoms with Crippen molar-refractivity contribution >= 4 is 17.5 Å². The Bertz CT molecular complexity index is 780. The summed E-state index contributed by atoms with van der Waals surface area (Å²) < 4.78 is 0. The van der Waals surface area contributed by atoms with E-state index in [0.717, 1.165) is 24.3 Å². The monoisotopic (exact) mass is 369 g/mol. The number of rotatable bonds is 7. The van der Waals surface area contributed by atoms with Crippen LogP contribution in [0.2, 0.25) is 0 Å². The molecule has 0 aliphatic heterocycles. The molecule has 6 heteroatoms. The highest BCUT2D eigenvalue weighted by Crippen LogP contribution is 2.30. The van der Waals surface area contributed by atoms with Crippen LogP contribution in [0.3, 0.4) is 0 Å². The van der Waals surface area contributed by atoms with Gasteiger partial charge in [-0.2, -0.15) is 0 Å². The number of amides is 1. The molecule has 2 aromatic rings. The molecule has 2 rings (SSSR count). The van der Waals surface area contributed by atoms with Gasteiger partial charge in [0.2, 0.25) is 5.95 Å². The second kappa shape index (κ2) is 8.95. The summed E-state index contributed by atoms with van der Waals surface area (Å²) in [5, 5.41) is 6.21. The van der Waals surface area contributed by atoms with Crippen LogP contribution in [0, 0.1) is 6.92 Å². The van der Waals surface area contributed by atoms with Crippen LogP contribution in [0.1, 0.15) is 48.9 Å². The van der Waals surface area contributed by atoms with Crippen molar-refractivity contribution in [2.24, 2.45) is 0 Å². The van der Waals surface area contributed by atoms with Crippen LogP contribution in [-0.2, 0) is 5.41 Å². The fraction of sp³-hybridized carbons (Fsp3) is 0.476. The van der Waals surface area contributed by atoms with Gasteiger partial charge in [0.15, 0.2) is 0 Å². The van der Waals surface area contributed by atoms with E-state index in [1.807, 2.05) is 39.2 Å². The van der Waals surface area contributed by atoms with Gasteiger partial charge in [-0.05, 0) is 57.1 Å². The summed E-state index contributed by atoms with van der Waals surface area (Å²) in [5.74, 6) is 0.261. The molecule has 1 amide bonds. The molecule has 1 aromatic carbocycles. The SMILES string of the molecule is Cc1cc(C(=O)NCCCN(C)C)nc(Nc2ccccc2C(C)(C)C)n1. The van der Waals surface area contributed by atoms with Gasteiger partial charge in [0.1, 0.15) is 5.69 Å². The van der Waals surface area contributed by atoms with Gasteiger partial charge in [0.05, 0.1) is 0 Å². The van der Waals surface area contributed by atoms with Crippen molar-refractivity contribution in [1.82, 2.24) is 20.2 Å². The number of aromatic nitrogens is 2. The van der Waals surface area contributed by atoms with E-state index in [9.17, 15) is 4.79 Å². The van der Waals surface area contributed by atoms with Gasteiger partial charge in [-0.25, -0.2) is 9.97 Å². The summed E-state index contributed by atoms with van der Waals surface area (Å²) in [6, 6.07) is 9.81. The van der Waals surface area contributed by atoms with Crippen LogP contribution in [0.5, 0.6) is 0 Å². The maximum atomic E-state index is 12.4. The summed E-state index contributed by atoms with van der Waals surface area (Å²) >= 11 is 0. The molecule has 0 saturated heterocycles. The minimum atomic E-state index is -0.175. The van der Waals surface area contributed by atoms with E-state index in [1.54, 1.807) is 6.07 Å². The maximum Gasteiger partial charge on any atom is 0.270 e. The normalized spacial score (nSPS) is 11.5.